The summed E-state index contributed by atoms with van der Waals surface area (Å²) >= 11 is 0. The van der Waals surface area contributed by atoms with Crippen molar-refractivity contribution in [2.75, 3.05) is 0 Å². The first-order valence-corrected chi connectivity index (χ1v) is 7.59. The molecule has 0 N–H and O–H groups in total. The molecule has 100 valence electrons. The van der Waals surface area contributed by atoms with E-state index < -0.39 is 0 Å². The average molecular weight is 260 g/mol. The molecule has 2 aromatic rings. The average Bonchev–Trinajstić information content (AvgIpc) is 2.55. The van der Waals surface area contributed by atoms with Gasteiger partial charge >= 0.3 is 0 Å². The maximum absolute atomic E-state index is 3.38. The van der Waals surface area contributed by atoms with E-state index >= 15 is 0 Å². The summed E-state index contributed by atoms with van der Waals surface area (Å²) in [5.41, 5.74) is 3.75. The second-order valence-corrected chi connectivity index (χ2v) is 5.54. The van der Waals surface area contributed by atoms with E-state index in [2.05, 4.69) is 48.2 Å². The van der Waals surface area contributed by atoms with Gasteiger partial charge in [0.05, 0.1) is 0 Å². The summed E-state index contributed by atoms with van der Waals surface area (Å²) in [7, 11) is 0. The Morgan fingerprint density at radius 3 is 2.20 bits per heavy atom. The van der Waals surface area contributed by atoms with Crippen molar-refractivity contribution in [3.63, 3.8) is 0 Å². The minimum absolute atomic E-state index is 0.713. The lowest BCUT2D eigenvalue weighted by atomic mass is 9.82. The van der Waals surface area contributed by atoms with Crippen molar-refractivity contribution < 1.29 is 0 Å². The maximum Gasteiger partial charge on any atom is 0.0283 e. The van der Waals surface area contributed by atoms with Gasteiger partial charge in [-0.1, -0.05) is 67.5 Å². The molecule has 0 heterocycles. The Hall–Kier alpha value is -2.00. The van der Waals surface area contributed by atoms with Gasteiger partial charge in [0.15, 0.2) is 0 Å². The Labute approximate surface area is 121 Å². The van der Waals surface area contributed by atoms with E-state index in [0.717, 1.165) is 5.56 Å². The highest BCUT2D eigenvalue weighted by atomic mass is 14.2. The molecule has 2 aromatic carbocycles. The van der Waals surface area contributed by atoms with E-state index in [-0.39, 0.29) is 0 Å². The van der Waals surface area contributed by atoms with E-state index in [4.69, 9.17) is 0 Å². The number of rotatable bonds is 1. The van der Waals surface area contributed by atoms with Crippen molar-refractivity contribution in [1.82, 2.24) is 0 Å². The molecule has 0 atom stereocenters. The van der Waals surface area contributed by atoms with Crippen LogP contribution in [0.25, 0.3) is 0 Å². The van der Waals surface area contributed by atoms with Gasteiger partial charge in [-0.2, -0.15) is 0 Å². The number of benzene rings is 2. The molecule has 0 saturated heterocycles. The third kappa shape index (κ3) is 3.11. The summed E-state index contributed by atoms with van der Waals surface area (Å²) < 4.78 is 0. The van der Waals surface area contributed by atoms with Crippen molar-refractivity contribution in [1.29, 1.82) is 0 Å². The van der Waals surface area contributed by atoms with Crippen LogP contribution >= 0.6 is 0 Å². The molecule has 1 aliphatic rings. The lowest BCUT2D eigenvalue weighted by Crippen LogP contribution is -2.06. The monoisotopic (exact) mass is 260 g/mol. The zero-order valence-electron chi connectivity index (χ0n) is 11.8. The molecule has 0 spiro atoms. The predicted octanol–water partition coefficient (Wildman–Crippen LogP) is 5.13. The van der Waals surface area contributed by atoms with Crippen molar-refractivity contribution >= 4 is 0 Å². The van der Waals surface area contributed by atoms with E-state index in [9.17, 15) is 0 Å². The summed E-state index contributed by atoms with van der Waals surface area (Å²) in [5, 5.41) is 0. The highest BCUT2D eigenvalue weighted by Gasteiger charge is 2.17. The van der Waals surface area contributed by atoms with Crippen LogP contribution in [0.3, 0.4) is 0 Å². The van der Waals surface area contributed by atoms with Crippen LogP contribution < -0.4 is 0 Å². The van der Waals surface area contributed by atoms with Crippen molar-refractivity contribution in [2.24, 2.45) is 0 Å². The molecule has 0 nitrogen and oxygen atoms in total. The highest BCUT2D eigenvalue weighted by Crippen LogP contribution is 2.34. The molecule has 0 aromatic heterocycles. The zero-order valence-corrected chi connectivity index (χ0v) is 11.8. The van der Waals surface area contributed by atoms with Gasteiger partial charge in [0, 0.05) is 11.1 Å². The van der Waals surface area contributed by atoms with Crippen LogP contribution in [0.15, 0.2) is 54.6 Å². The standard InChI is InChI=1S/C20H20/c1-3-9-17(10-4-1)15-16-19-13-7-8-14-20(19)18-11-5-2-6-12-18/h1,3-4,7-10,13-14,18H,2,5-6,11-12H2. The van der Waals surface area contributed by atoms with Crippen LogP contribution in [0.2, 0.25) is 0 Å². The van der Waals surface area contributed by atoms with E-state index in [1.54, 1.807) is 0 Å². The van der Waals surface area contributed by atoms with Gasteiger partial charge in [0.1, 0.15) is 0 Å². The lowest BCUT2D eigenvalue weighted by molar-refractivity contribution is 0.443. The summed E-state index contributed by atoms with van der Waals surface area (Å²) in [4.78, 5) is 0. The Kier molecular flexibility index (Phi) is 4.19. The van der Waals surface area contributed by atoms with Crippen LogP contribution in [-0.2, 0) is 0 Å². The smallest absolute Gasteiger partial charge is 0.0283 e. The Morgan fingerprint density at radius 1 is 0.700 bits per heavy atom. The number of hydrogen-bond donors (Lipinski definition) is 0. The Bertz CT molecular complexity index is 607. The first kappa shape index (κ1) is 13.0. The SMILES string of the molecule is C(#Cc1ccccc1C1CCCCC1)c1ccccc1. The summed E-state index contributed by atoms with van der Waals surface area (Å²) in [6.07, 6.45) is 6.78. The Morgan fingerprint density at radius 2 is 1.40 bits per heavy atom. The fourth-order valence-electron chi connectivity index (χ4n) is 3.04. The molecule has 0 bridgehead atoms. The van der Waals surface area contributed by atoms with Crippen LogP contribution in [-0.4, -0.2) is 0 Å². The molecule has 3 rings (SSSR count). The first-order chi connectivity index (χ1) is 9.93. The Balaban J connectivity index is 1.88. The highest BCUT2D eigenvalue weighted by molar-refractivity contribution is 5.47. The molecule has 1 fully saturated rings. The molecule has 0 aliphatic heterocycles. The third-order valence-electron chi connectivity index (χ3n) is 4.12. The molecule has 1 aliphatic carbocycles. The first-order valence-electron chi connectivity index (χ1n) is 7.59. The molecule has 0 radical (unpaired) electrons. The predicted molar refractivity (Wildman–Crippen MR) is 84.7 cm³/mol. The van der Waals surface area contributed by atoms with Gasteiger partial charge in [-0.3, -0.25) is 0 Å². The largest absolute Gasteiger partial charge is 0.0622 e. The lowest BCUT2D eigenvalue weighted by Gasteiger charge is -2.23. The van der Waals surface area contributed by atoms with E-state index in [0.29, 0.717) is 5.92 Å². The van der Waals surface area contributed by atoms with Crippen molar-refractivity contribution in [3.05, 3.63) is 71.3 Å². The molecule has 0 unspecified atom stereocenters. The van der Waals surface area contributed by atoms with E-state index in [1.807, 2.05) is 18.2 Å². The van der Waals surface area contributed by atoms with Crippen LogP contribution in [0.5, 0.6) is 0 Å². The summed E-state index contributed by atoms with van der Waals surface area (Å²) in [6.45, 7) is 0. The van der Waals surface area contributed by atoms with Gasteiger partial charge in [0.2, 0.25) is 0 Å². The topological polar surface area (TPSA) is 0 Å². The summed E-state index contributed by atoms with van der Waals surface area (Å²) in [5.74, 6) is 7.38. The quantitative estimate of drug-likeness (QED) is 0.623. The normalized spacial score (nSPS) is 15.4. The van der Waals surface area contributed by atoms with Gasteiger partial charge in [-0.05, 0) is 42.5 Å². The van der Waals surface area contributed by atoms with Gasteiger partial charge in [-0.25, -0.2) is 0 Å². The maximum atomic E-state index is 3.38. The van der Waals surface area contributed by atoms with Crippen molar-refractivity contribution in [3.8, 4) is 11.8 Å². The van der Waals surface area contributed by atoms with Gasteiger partial charge in [-0.15, -0.1) is 0 Å². The van der Waals surface area contributed by atoms with Crippen LogP contribution in [0.4, 0.5) is 0 Å². The molecular weight excluding hydrogens is 240 g/mol. The molecule has 20 heavy (non-hydrogen) atoms. The van der Waals surface area contributed by atoms with Crippen LogP contribution in [0.1, 0.15) is 54.7 Å². The summed E-state index contributed by atoms with van der Waals surface area (Å²) in [6, 6.07) is 18.9. The minimum Gasteiger partial charge on any atom is -0.0622 e. The zero-order chi connectivity index (χ0) is 13.6. The number of hydrogen-bond acceptors (Lipinski definition) is 0. The van der Waals surface area contributed by atoms with E-state index in [1.165, 1.54) is 43.2 Å². The van der Waals surface area contributed by atoms with Crippen molar-refractivity contribution in [2.45, 2.75) is 38.0 Å². The fraction of sp³-hybridized carbons (Fsp3) is 0.300. The molecule has 0 amide bonds. The fourth-order valence-corrected chi connectivity index (χ4v) is 3.04. The van der Waals surface area contributed by atoms with Crippen LogP contribution in [0, 0.1) is 11.8 Å². The molecule has 0 heteroatoms. The third-order valence-corrected chi connectivity index (χ3v) is 4.12. The molecule has 1 saturated carbocycles. The second-order valence-electron chi connectivity index (χ2n) is 5.54. The minimum atomic E-state index is 0.713. The van der Waals surface area contributed by atoms with Gasteiger partial charge in [0.25, 0.3) is 0 Å². The molecular formula is C20H20. The van der Waals surface area contributed by atoms with Gasteiger partial charge < -0.3 is 0 Å². The second kappa shape index (κ2) is 6.44.